The van der Waals surface area contributed by atoms with Crippen LogP contribution in [-0.2, 0) is 14.9 Å². The number of hydrogen-bond acceptors (Lipinski definition) is 3. The third-order valence-electron chi connectivity index (χ3n) is 7.52. The smallest absolute Gasteiger partial charge is 0.335 e. The highest BCUT2D eigenvalue weighted by atomic mass is 16.5. The van der Waals surface area contributed by atoms with Crippen molar-refractivity contribution in [1.29, 1.82) is 0 Å². The Bertz CT molecular complexity index is 1110. The van der Waals surface area contributed by atoms with Crippen LogP contribution in [0.3, 0.4) is 0 Å². The van der Waals surface area contributed by atoms with Crippen LogP contribution in [0.25, 0.3) is 0 Å². The number of benzene rings is 3. The predicted molar refractivity (Wildman–Crippen MR) is 144 cm³/mol. The first-order valence-electron chi connectivity index (χ1n) is 12.8. The van der Waals surface area contributed by atoms with Crippen LogP contribution >= 0.6 is 0 Å². The van der Waals surface area contributed by atoms with Gasteiger partial charge in [-0.1, -0.05) is 100.0 Å². The van der Waals surface area contributed by atoms with Gasteiger partial charge in [-0.05, 0) is 59.9 Å². The highest BCUT2D eigenvalue weighted by Crippen LogP contribution is 2.47. The Balaban J connectivity index is 2.22. The molecule has 0 spiro atoms. The number of carbonyl (C=O) groups is 2. The largest absolute Gasteiger partial charge is 0.478 e. The fraction of sp³-hybridized carbons (Fsp3) is 0.375. The van der Waals surface area contributed by atoms with E-state index in [9.17, 15) is 14.7 Å². The Labute approximate surface area is 215 Å². The first kappa shape index (κ1) is 27.2. The molecule has 3 aromatic rings. The van der Waals surface area contributed by atoms with Gasteiger partial charge in [0.05, 0.1) is 18.6 Å². The van der Waals surface area contributed by atoms with Gasteiger partial charge < -0.3 is 9.84 Å². The van der Waals surface area contributed by atoms with Crippen LogP contribution in [0.1, 0.15) is 79.4 Å². The highest BCUT2D eigenvalue weighted by molar-refractivity contribution is 5.87. The van der Waals surface area contributed by atoms with Crippen LogP contribution in [0.2, 0.25) is 0 Å². The summed E-state index contributed by atoms with van der Waals surface area (Å²) >= 11 is 0. The third-order valence-corrected chi connectivity index (χ3v) is 7.52. The fourth-order valence-corrected chi connectivity index (χ4v) is 5.35. The molecular weight excluding hydrogens is 448 g/mol. The zero-order valence-corrected chi connectivity index (χ0v) is 21.8. The second kappa shape index (κ2) is 12.5. The first-order chi connectivity index (χ1) is 17.3. The van der Waals surface area contributed by atoms with Crippen molar-refractivity contribution in [3.63, 3.8) is 0 Å². The average molecular weight is 487 g/mol. The summed E-state index contributed by atoms with van der Waals surface area (Å²) in [7, 11) is 1.43. The van der Waals surface area contributed by atoms with Crippen molar-refractivity contribution in [3.05, 3.63) is 107 Å². The van der Waals surface area contributed by atoms with Gasteiger partial charge >= 0.3 is 11.9 Å². The lowest BCUT2D eigenvalue weighted by molar-refractivity contribution is -0.145. The number of esters is 1. The van der Waals surface area contributed by atoms with E-state index in [4.69, 9.17) is 4.74 Å². The van der Waals surface area contributed by atoms with Crippen molar-refractivity contribution in [2.75, 3.05) is 7.11 Å². The van der Waals surface area contributed by atoms with Crippen LogP contribution in [-0.4, -0.2) is 24.2 Å². The molecule has 36 heavy (non-hydrogen) atoms. The van der Waals surface area contributed by atoms with E-state index in [0.717, 1.165) is 30.4 Å². The second-order valence-corrected chi connectivity index (χ2v) is 10.0. The van der Waals surface area contributed by atoms with Crippen molar-refractivity contribution < 1.29 is 19.4 Å². The maximum Gasteiger partial charge on any atom is 0.335 e. The average Bonchev–Trinajstić information content (AvgIpc) is 2.92. The summed E-state index contributed by atoms with van der Waals surface area (Å²) in [5.41, 5.74) is 3.15. The van der Waals surface area contributed by atoms with Gasteiger partial charge in [0.2, 0.25) is 0 Å². The third kappa shape index (κ3) is 6.42. The molecule has 4 nitrogen and oxygen atoms in total. The molecule has 0 aliphatic heterocycles. The monoisotopic (exact) mass is 486 g/mol. The summed E-state index contributed by atoms with van der Waals surface area (Å²) in [6.45, 7) is 6.43. The molecule has 0 aromatic heterocycles. The zero-order chi connectivity index (χ0) is 26.1. The first-order valence-corrected chi connectivity index (χ1v) is 12.8. The minimum atomic E-state index is -0.950. The molecule has 0 heterocycles. The van der Waals surface area contributed by atoms with E-state index >= 15 is 0 Å². The number of ether oxygens (including phenoxy) is 1. The lowest BCUT2D eigenvalue weighted by atomic mass is 9.63. The molecule has 0 saturated carbocycles. The van der Waals surface area contributed by atoms with E-state index in [0.29, 0.717) is 12.3 Å². The SMILES string of the molecule is CCC(C)CC(CC(CC(C)C(=O)OC)(c1ccccc1)c1ccc(C(=O)O)cc1)c1ccccc1. The molecule has 0 aliphatic rings. The van der Waals surface area contributed by atoms with Crippen molar-refractivity contribution in [1.82, 2.24) is 0 Å². The second-order valence-electron chi connectivity index (χ2n) is 10.0. The number of carboxylic acids is 1. The van der Waals surface area contributed by atoms with Gasteiger partial charge in [0.25, 0.3) is 0 Å². The number of rotatable bonds is 12. The maximum absolute atomic E-state index is 12.7. The highest BCUT2D eigenvalue weighted by Gasteiger charge is 2.40. The normalized spacial score (nSPS) is 15.3. The summed E-state index contributed by atoms with van der Waals surface area (Å²) < 4.78 is 5.14. The van der Waals surface area contributed by atoms with Gasteiger partial charge in [0.1, 0.15) is 0 Å². The number of hydrogen-bond donors (Lipinski definition) is 1. The lowest BCUT2D eigenvalue weighted by Crippen LogP contribution is -2.35. The summed E-state index contributed by atoms with van der Waals surface area (Å²) in [5, 5.41) is 9.50. The summed E-state index contributed by atoms with van der Waals surface area (Å²) in [6, 6.07) is 28.1. The number of carboxylic acid groups (broad SMARTS) is 1. The fourth-order valence-electron chi connectivity index (χ4n) is 5.35. The topological polar surface area (TPSA) is 63.6 Å². The Morgan fingerprint density at radius 2 is 1.39 bits per heavy atom. The van der Waals surface area contributed by atoms with Crippen molar-refractivity contribution in [3.8, 4) is 0 Å². The molecule has 1 N–H and O–H groups in total. The van der Waals surface area contributed by atoms with Gasteiger partial charge in [-0.3, -0.25) is 4.79 Å². The number of methoxy groups -OCH3 is 1. The van der Waals surface area contributed by atoms with Gasteiger partial charge in [0, 0.05) is 5.41 Å². The number of aromatic carboxylic acids is 1. The Morgan fingerprint density at radius 1 is 0.833 bits per heavy atom. The van der Waals surface area contributed by atoms with Crippen LogP contribution in [0.5, 0.6) is 0 Å². The van der Waals surface area contributed by atoms with E-state index in [1.54, 1.807) is 12.1 Å². The predicted octanol–water partition coefficient (Wildman–Crippen LogP) is 7.48. The van der Waals surface area contributed by atoms with Crippen LogP contribution < -0.4 is 0 Å². The summed E-state index contributed by atoms with van der Waals surface area (Å²) in [5.74, 6) is -0.736. The number of carbonyl (C=O) groups excluding carboxylic acids is 1. The molecule has 0 amide bonds. The van der Waals surface area contributed by atoms with Crippen molar-refractivity contribution in [2.24, 2.45) is 11.8 Å². The van der Waals surface area contributed by atoms with Gasteiger partial charge in [-0.2, -0.15) is 0 Å². The Kier molecular flexibility index (Phi) is 9.46. The minimum absolute atomic E-state index is 0.240. The molecule has 3 aromatic carbocycles. The van der Waals surface area contributed by atoms with E-state index in [-0.39, 0.29) is 23.4 Å². The van der Waals surface area contributed by atoms with E-state index < -0.39 is 11.4 Å². The van der Waals surface area contributed by atoms with Crippen molar-refractivity contribution in [2.45, 2.75) is 57.8 Å². The molecule has 4 atom stereocenters. The lowest BCUT2D eigenvalue weighted by Gasteiger charge is -2.40. The molecular formula is C32H38O4. The molecule has 0 radical (unpaired) electrons. The molecule has 3 rings (SSSR count). The van der Waals surface area contributed by atoms with Gasteiger partial charge in [0.15, 0.2) is 0 Å². The molecule has 0 fully saturated rings. The molecule has 4 heteroatoms. The maximum atomic E-state index is 12.7. The van der Waals surface area contributed by atoms with E-state index in [2.05, 4.69) is 50.2 Å². The molecule has 0 aliphatic carbocycles. The standard InChI is InChI=1S/C32H38O4/c1-5-23(2)20-27(25-12-8-6-9-13-25)22-32(21-24(3)31(35)36-4,28-14-10-7-11-15-28)29-18-16-26(17-19-29)30(33)34/h6-19,23-24,27H,5,20-22H2,1-4H3,(H,33,34). The van der Waals surface area contributed by atoms with Gasteiger partial charge in [-0.25, -0.2) is 4.79 Å². The van der Waals surface area contributed by atoms with Crippen LogP contribution in [0.4, 0.5) is 0 Å². The van der Waals surface area contributed by atoms with E-state index in [1.165, 1.54) is 12.7 Å². The Hall–Kier alpha value is -3.40. The molecule has 0 bridgehead atoms. The van der Waals surface area contributed by atoms with Crippen LogP contribution in [0, 0.1) is 11.8 Å². The Morgan fingerprint density at radius 3 is 1.92 bits per heavy atom. The summed E-state index contributed by atoms with van der Waals surface area (Å²) in [6.07, 6.45) is 3.46. The zero-order valence-electron chi connectivity index (χ0n) is 21.8. The van der Waals surface area contributed by atoms with Crippen molar-refractivity contribution >= 4 is 11.9 Å². The summed E-state index contributed by atoms with van der Waals surface area (Å²) in [4.78, 5) is 24.3. The molecule has 190 valence electrons. The molecule has 0 saturated heterocycles. The van der Waals surface area contributed by atoms with Crippen LogP contribution in [0.15, 0.2) is 84.9 Å². The quantitative estimate of drug-likeness (QED) is 0.270. The van der Waals surface area contributed by atoms with E-state index in [1.807, 2.05) is 43.3 Å². The van der Waals surface area contributed by atoms with Gasteiger partial charge in [-0.15, -0.1) is 0 Å². The molecule has 4 unspecified atom stereocenters. The minimum Gasteiger partial charge on any atom is -0.478 e.